The second kappa shape index (κ2) is 5.61. The molecule has 0 aliphatic heterocycles. The zero-order chi connectivity index (χ0) is 10.5. The molecule has 0 amide bonds. The van der Waals surface area contributed by atoms with E-state index in [0.717, 1.165) is 19.6 Å². The number of rotatable bonds is 5. The molecule has 0 bridgehead atoms. The molecule has 0 saturated carbocycles. The van der Waals surface area contributed by atoms with Crippen molar-refractivity contribution >= 4 is 0 Å². The Kier molecular flexibility index (Phi) is 5.57. The number of hydrogen-bond acceptors (Lipinski definition) is 2. The molecular weight excluding hydrogens is 160 g/mol. The van der Waals surface area contributed by atoms with Gasteiger partial charge in [0.15, 0.2) is 0 Å². The summed E-state index contributed by atoms with van der Waals surface area (Å²) >= 11 is 0. The van der Waals surface area contributed by atoms with E-state index in [1.54, 1.807) is 0 Å². The van der Waals surface area contributed by atoms with Gasteiger partial charge in [0.25, 0.3) is 0 Å². The largest absolute Gasteiger partial charge is 0.312 e. The molecule has 0 aromatic rings. The van der Waals surface area contributed by atoms with E-state index in [0.29, 0.717) is 11.5 Å². The minimum absolute atomic E-state index is 0.388. The molecule has 2 heteroatoms. The molecule has 0 aromatic carbocycles. The number of likely N-dealkylation sites (N-methyl/N-ethyl adjacent to an activating group) is 1. The van der Waals surface area contributed by atoms with Gasteiger partial charge in [0.05, 0.1) is 0 Å². The first-order valence-corrected chi connectivity index (χ1v) is 5.27. The van der Waals surface area contributed by atoms with Gasteiger partial charge < -0.3 is 10.2 Å². The molecule has 1 atom stereocenters. The molecule has 13 heavy (non-hydrogen) atoms. The van der Waals surface area contributed by atoms with Gasteiger partial charge >= 0.3 is 0 Å². The SMILES string of the molecule is CCN(C)CC(C)NCC(C)(C)C. The van der Waals surface area contributed by atoms with Crippen molar-refractivity contribution in [2.24, 2.45) is 5.41 Å². The third-order valence-corrected chi connectivity index (χ3v) is 2.11. The number of nitrogens with zero attached hydrogens (tertiary/aromatic N) is 1. The van der Waals surface area contributed by atoms with Crippen molar-refractivity contribution in [2.75, 3.05) is 26.7 Å². The van der Waals surface area contributed by atoms with Crippen LogP contribution in [0.25, 0.3) is 0 Å². The molecule has 80 valence electrons. The van der Waals surface area contributed by atoms with E-state index in [1.807, 2.05) is 0 Å². The van der Waals surface area contributed by atoms with Crippen molar-refractivity contribution in [3.8, 4) is 0 Å². The fourth-order valence-electron chi connectivity index (χ4n) is 1.14. The number of hydrogen-bond donors (Lipinski definition) is 1. The summed E-state index contributed by atoms with van der Waals surface area (Å²) in [6.45, 7) is 14.6. The van der Waals surface area contributed by atoms with Crippen LogP contribution in [0.1, 0.15) is 34.6 Å². The topological polar surface area (TPSA) is 15.3 Å². The molecule has 0 fully saturated rings. The molecule has 1 unspecified atom stereocenters. The van der Waals surface area contributed by atoms with Gasteiger partial charge in [-0.15, -0.1) is 0 Å². The minimum atomic E-state index is 0.388. The molecule has 2 nitrogen and oxygen atoms in total. The van der Waals surface area contributed by atoms with Gasteiger partial charge in [-0.2, -0.15) is 0 Å². The molecular formula is C11H26N2. The van der Waals surface area contributed by atoms with Crippen LogP contribution < -0.4 is 5.32 Å². The van der Waals surface area contributed by atoms with Crippen LogP contribution >= 0.6 is 0 Å². The Morgan fingerprint density at radius 3 is 2.23 bits per heavy atom. The average Bonchev–Trinajstić information content (AvgIpc) is 1.99. The zero-order valence-electron chi connectivity index (χ0n) is 10.1. The first-order chi connectivity index (χ1) is 5.85. The lowest BCUT2D eigenvalue weighted by atomic mass is 9.96. The summed E-state index contributed by atoms with van der Waals surface area (Å²) in [7, 11) is 2.16. The Morgan fingerprint density at radius 1 is 1.31 bits per heavy atom. The quantitative estimate of drug-likeness (QED) is 0.706. The van der Waals surface area contributed by atoms with Crippen molar-refractivity contribution in [2.45, 2.75) is 40.7 Å². The third kappa shape index (κ3) is 8.26. The minimum Gasteiger partial charge on any atom is -0.312 e. The maximum absolute atomic E-state index is 3.55. The van der Waals surface area contributed by atoms with E-state index in [9.17, 15) is 0 Å². The van der Waals surface area contributed by atoms with Crippen LogP contribution in [-0.4, -0.2) is 37.6 Å². The van der Waals surface area contributed by atoms with E-state index < -0.39 is 0 Å². The normalized spacial score (nSPS) is 15.0. The number of nitrogens with one attached hydrogen (secondary N) is 1. The van der Waals surface area contributed by atoms with Crippen LogP contribution in [-0.2, 0) is 0 Å². The fraction of sp³-hybridized carbons (Fsp3) is 1.00. The Labute approximate surface area is 83.7 Å². The summed E-state index contributed by atoms with van der Waals surface area (Å²) in [4.78, 5) is 2.33. The summed E-state index contributed by atoms with van der Waals surface area (Å²) in [5.74, 6) is 0. The lowest BCUT2D eigenvalue weighted by molar-refractivity contribution is 0.285. The van der Waals surface area contributed by atoms with Gasteiger partial charge in [0.1, 0.15) is 0 Å². The van der Waals surface area contributed by atoms with Crippen molar-refractivity contribution in [3.63, 3.8) is 0 Å². The predicted octanol–water partition coefficient (Wildman–Crippen LogP) is 1.96. The first-order valence-electron chi connectivity index (χ1n) is 5.27. The summed E-state index contributed by atoms with van der Waals surface area (Å²) in [5, 5.41) is 3.55. The molecule has 0 radical (unpaired) electrons. The second-order valence-electron chi connectivity index (χ2n) is 5.20. The van der Waals surface area contributed by atoms with Gasteiger partial charge in [-0.05, 0) is 25.9 Å². The highest BCUT2D eigenvalue weighted by molar-refractivity contribution is 4.70. The van der Waals surface area contributed by atoms with Gasteiger partial charge in [0, 0.05) is 19.1 Å². The molecule has 0 aliphatic rings. The molecule has 0 aliphatic carbocycles. The maximum atomic E-state index is 3.55. The van der Waals surface area contributed by atoms with Crippen LogP contribution in [0.5, 0.6) is 0 Å². The monoisotopic (exact) mass is 186 g/mol. The average molecular weight is 186 g/mol. The smallest absolute Gasteiger partial charge is 0.0166 e. The van der Waals surface area contributed by atoms with Gasteiger partial charge in [-0.1, -0.05) is 27.7 Å². The molecule has 0 spiro atoms. The third-order valence-electron chi connectivity index (χ3n) is 2.11. The maximum Gasteiger partial charge on any atom is 0.0166 e. The van der Waals surface area contributed by atoms with Crippen molar-refractivity contribution in [3.05, 3.63) is 0 Å². The van der Waals surface area contributed by atoms with Crippen molar-refractivity contribution < 1.29 is 0 Å². The van der Waals surface area contributed by atoms with E-state index in [2.05, 4.69) is 51.9 Å². The highest BCUT2D eigenvalue weighted by atomic mass is 15.1. The lowest BCUT2D eigenvalue weighted by Gasteiger charge is -2.25. The molecule has 0 heterocycles. The van der Waals surface area contributed by atoms with Gasteiger partial charge in [-0.3, -0.25) is 0 Å². The standard InChI is InChI=1S/C11H26N2/c1-7-13(6)8-10(2)12-9-11(3,4)5/h10,12H,7-9H2,1-6H3. The van der Waals surface area contributed by atoms with E-state index in [4.69, 9.17) is 0 Å². The second-order valence-corrected chi connectivity index (χ2v) is 5.20. The molecule has 1 N–H and O–H groups in total. The van der Waals surface area contributed by atoms with E-state index >= 15 is 0 Å². The summed E-state index contributed by atoms with van der Waals surface area (Å²) in [5.41, 5.74) is 0.388. The van der Waals surface area contributed by atoms with Crippen LogP contribution in [0.15, 0.2) is 0 Å². The molecule has 0 aromatic heterocycles. The predicted molar refractivity (Wildman–Crippen MR) is 60.1 cm³/mol. The Balaban J connectivity index is 3.57. The Morgan fingerprint density at radius 2 is 1.85 bits per heavy atom. The van der Waals surface area contributed by atoms with Crippen molar-refractivity contribution in [1.29, 1.82) is 0 Å². The van der Waals surface area contributed by atoms with Gasteiger partial charge in [0.2, 0.25) is 0 Å². The van der Waals surface area contributed by atoms with E-state index in [1.165, 1.54) is 0 Å². The van der Waals surface area contributed by atoms with Crippen LogP contribution in [0.3, 0.4) is 0 Å². The highest BCUT2D eigenvalue weighted by Crippen LogP contribution is 2.10. The van der Waals surface area contributed by atoms with Crippen LogP contribution in [0, 0.1) is 5.41 Å². The molecule has 0 rings (SSSR count). The van der Waals surface area contributed by atoms with E-state index in [-0.39, 0.29) is 0 Å². The summed E-state index contributed by atoms with van der Waals surface area (Å²) in [6.07, 6.45) is 0. The fourth-order valence-corrected chi connectivity index (χ4v) is 1.14. The van der Waals surface area contributed by atoms with Crippen LogP contribution in [0.2, 0.25) is 0 Å². The summed E-state index contributed by atoms with van der Waals surface area (Å²) in [6, 6.07) is 0.587. The van der Waals surface area contributed by atoms with Crippen LogP contribution in [0.4, 0.5) is 0 Å². The molecule has 0 saturated heterocycles. The summed E-state index contributed by atoms with van der Waals surface area (Å²) < 4.78 is 0. The lowest BCUT2D eigenvalue weighted by Crippen LogP contribution is -2.40. The first kappa shape index (κ1) is 12.9. The Hall–Kier alpha value is -0.0800. The highest BCUT2D eigenvalue weighted by Gasteiger charge is 2.12. The van der Waals surface area contributed by atoms with Gasteiger partial charge in [-0.25, -0.2) is 0 Å². The Bertz CT molecular complexity index is 127. The van der Waals surface area contributed by atoms with Crippen molar-refractivity contribution in [1.82, 2.24) is 10.2 Å². The zero-order valence-corrected chi connectivity index (χ0v) is 10.1.